The summed E-state index contributed by atoms with van der Waals surface area (Å²) in [7, 11) is -3.88. The zero-order valence-corrected chi connectivity index (χ0v) is 11.7. The lowest BCUT2D eigenvalue weighted by Gasteiger charge is -2.24. The van der Waals surface area contributed by atoms with Gasteiger partial charge in [-0.2, -0.15) is 0 Å². The maximum atomic E-state index is 13.2. The standard InChI is InChI=1S/C12H16FNO4S/c1-4-12(2,3)14-19(17,18)8-5-6-10(13)9(7-8)11(15)16/h5-7,14H,4H2,1-3H3,(H,15,16). The van der Waals surface area contributed by atoms with Gasteiger partial charge in [-0.25, -0.2) is 22.3 Å². The molecule has 2 N–H and O–H groups in total. The molecule has 7 heteroatoms. The molecule has 5 nitrogen and oxygen atoms in total. The summed E-state index contributed by atoms with van der Waals surface area (Å²) in [6.07, 6.45) is 0.555. The van der Waals surface area contributed by atoms with Crippen LogP contribution in [0.15, 0.2) is 23.1 Å². The number of carboxylic acid groups (broad SMARTS) is 1. The van der Waals surface area contributed by atoms with E-state index in [1.165, 1.54) is 0 Å². The predicted octanol–water partition coefficient (Wildman–Crippen LogP) is 1.99. The quantitative estimate of drug-likeness (QED) is 0.868. The van der Waals surface area contributed by atoms with Crippen molar-refractivity contribution in [2.24, 2.45) is 0 Å². The van der Waals surface area contributed by atoms with Gasteiger partial charge in [-0.15, -0.1) is 0 Å². The fourth-order valence-corrected chi connectivity index (χ4v) is 2.84. The summed E-state index contributed by atoms with van der Waals surface area (Å²) in [6.45, 7) is 5.22. The number of carboxylic acids is 1. The maximum absolute atomic E-state index is 13.2. The van der Waals surface area contributed by atoms with Crippen molar-refractivity contribution in [1.82, 2.24) is 4.72 Å². The minimum Gasteiger partial charge on any atom is -0.478 e. The van der Waals surface area contributed by atoms with E-state index in [4.69, 9.17) is 5.11 Å². The van der Waals surface area contributed by atoms with Crippen molar-refractivity contribution in [3.63, 3.8) is 0 Å². The van der Waals surface area contributed by atoms with Gasteiger partial charge in [0.25, 0.3) is 0 Å². The Hall–Kier alpha value is -1.47. The summed E-state index contributed by atoms with van der Waals surface area (Å²) in [5.41, 5.74) is -1.34. The van der Waals surface area contributed by atoms with Crippen molar-refractivity contribution in [2.75, 3.05) is 0 Å². The molecule has 0 atom stereocenters. The molecule has 0 saturated carbocycles. The number of carbonyl (C=O) groups is 1. The second kappa shape index (κ2) is 5.26. The van der Waals surface area contributed by atoms with E-state index < -0.39 is 32.9 Å². The van der Waals surface area contributed by atoms with E-state index in [0.717, 1.165) is 18.2 Å². The minimum atomic E-state index is -3.88. The summed E-state index contributed by atoms with van der Waals surface area (Å²) >= 11 is 0. The lowest BCUT2D eigenvalue weighted by Crippen LogP contribution is -2.42. The van der Waals surface area contributed by atoms with E-state index in [1.54, 1.807) is 13.8 Å². The highest BCUT2D eigenvalue weighted by Gasteiger charge is 2.26. The number of benzene rings is 1. The third-order valence-electron chi connectivity index (χ3n) is 2.77. The van der Waals surface area contributed by atoms with Gasteiger partial charge in [-0.3, -0.25) is 0 Å². The average Bonchev–Trinajstić information content (AvgIpc) is 2.27. The first-order chi connectivity index (χ1) is 8.59. The Morgan fingerprint density at radius 1 is 1.42 bits per heavy atom. The summed E-state index contributed by atoms with van der Waals surface area (Å²) in [6, 6.07) is 2.68. The molecule has 0 aliphatic heterocycles. The molecule has 19 heavy (non-hydrogen) atoms. The summed E-state index contributed by atoms with van der Waals surface area (Å²) in [5, 5.41) is 8.78. The van der Waals surface area contributed by atoms with Gasteiger partial charge in [0.2, 0.25) is 10.0 Å². The molecular weight excluding hydrogens is 273 g/mol. The Bertz CT molecular complexity index is 596. The maximum Gasteiger partial charge on any atom is 0.338 e. The molecule has 1 rings (SSSR count). The first-order valence-electron chi connectivity index (χ1n) is 5.66. The normalized spacial score (nSPS) is 12.4. The molecule has 0 saturated heterocycles. The van der Waals surface area contributed by atoms with E-state index in [0.29, 0.717) is 6.42 Å². The highest BCUT2D eigenvalue weighted by molar-refractivity contribution is 7.89. The molecule has 0 fully saturated rings. The van der Waals surface area contributed by atoms with Crippen LogP contribution >= 0.6 is 0 Å². The van der Waals surface area contributed by atoms with E-state index in [-0.39, 0.29) is 4.90 Å². The molecule has 1 aromatic rings. The fourth-order valence-electron chi connectivity index (χ4n) is 1.33. The SMILES string of the molecule is CCC(C)(C)NS(=O)(=O)c1ccc(F)c(C(=O)O)c1. The second-order valence-electron chi connectivity index (χ2n) is 4.79. The van der Waals surface area contributed by atoms with E-state index >= 15 is 0 Å². The third-order valence-corrected chi connectivity index (χ3v) is 4.47. The van der Waals surface area contributed by atoms with Crippen LogP contribution in [0.3, 0.4) is 0 Å². The van der Waals surface area contributed by atoms with Gasteiger partial charge >= 0.3 is 5.97 Å². The van der Waals surface area contributed by atoms with Crippen LogP contribution in [0.4, 0.5) is 4.39 Å². The van der Waals surface area contributed by atoms with Crippen molar-refractivity contribution < 1.29 is 22.7 Å². The zero-order chi connectivity index (χ0) is 14.8. The van der Waals surface area contributed by atoms with Gasteiger partial charge in [0.1, 0.15) is 5.82 Å². The van der Waals surface area contributed by atoms with Crippen molar-refractivity contribution in [2.45, 2.75) is 37.6 Å². The molecule has 0 bridgehead atoms. The number of rotatable bonds is 5. The van der Waals surface area contributed by atoms with Gasteiger partial charge in [0, 0.05) is 5.54 Å². The number of hydrogen-bond acceptors (Lipinski definition) is 3. The molecule has 0 aromatic heterocycles. The second-order valence-corrected chi connectivity index (χ2v) is 6.47. The summed E-state index contributed by atoms with van der Waals surface area (Å²) in [5.74, 6) is -2.48. The van der Waals surface area contributed by atoms with Gasteiger partial charge in [-0.1, -0.05) is 6.92 Å². The van der Waals surface area contributed by atoms with Crippen LogP contribution in [-0.4, -0.2) is 25.0 Å². The Labute approximate surface area is 111 Å². The first kappa shape index (κ1) is 15.6. The van der Waals surface area contributed by atoms with Gasteiger partial charge in [-0.05, 0) is 38.5 Å². The molecule has 0 spiro atoms. The van der Waals surface area contributed by atoms with Gasteiger partial charge < -0.3 is 5.11 Å². The average molecular weight is 289 g/mol. The number of sulfonamides is 1. The molecule has 1 aromatic carbocycles. The topological polar surface area (TPSA) is 83.5 Å². The number of aromatic carboxylic acids is 1. The van der Waals surface area contributed by atoms with Crippen molar-refractivity contribution in [3.05, 3.63) is 29.6 Å². The van der Waals surface area contributed by atoms with Crippen molar-refractivity contribution in [1.29, 1.82) is 0 Å². The zero-order valence-electron chi connectivity index (χ0n) is 10.9. The number of hydrogen-bond donors (Lipinski definition) is 2. The molecular formula is C12H16FNO4S. The van der Waals surface area contributed by atoms with Crippen LogP contribution in [0, 0.1) is 5.82 Å². The first-order valence-corrected chi connectivity index (χ1v) is 7.14. The Morgan fingerprint density at radius 2 is 2.00 bits per heavy atom. The molecule has 0 unspecified atom stereocenters. The lowest BCUT2D eigenvalue weighted by molar-refractivity contribution is 0.0691. The Kier molecular flexibility index (Phi) is 4.32. The van der Waals surface area contributed by atoms with Crippen LogP contribution in [0.2, 0.25) is 0 Å². The monoisotopic (exact) mass is 289 g/mol. The number of nitrogens with one attached hydrogen (secondary N) is 1. The Morgan fingerprint density at radius 3 is 2.47 bits per heavy atom. The highest BCUT2D eigenvalue weighted by atomic mass is 32.2. The smallest absolute Gasteiger partial charge is 0.338 e. The molecule has 0 amide bonds. The van der Waals surface area contributed by atoms with Crippen LogP contribution in [0.5, 0.6) is 0 Å². The van der Waals surface area contributed by atoms with Gasteiger partial charge in [0.05, 0.1) is 10.5 Å². The largest absolute Gasteiger partial charge is 0.478 e. The number of halogens is 1. The summed E-state index contributed by atoms with van der Waals surface area (Å²) in [4.78, 5) is 10.5. The van der Waals surface area contributed by atoms with Crippen molar-refractivity contribution >= 4 is 16.0 Å². The fraction of sp³-hybridized carbons (Fsp3) is 0.417. The predicted molar refractivity (Wildman–Crippen MR) is 68.1 cm³/mol. The Balaban J connectivity index is 3.23. The van der Waals surface area contributed by atoms with E-state index in [2.05, 4.69) is 4.72 Å². The minimum absolute atomic E-state index is 0.271. The van der Waals surface area contributed by atoms with Crippen molar-refractivity contribution in [3.8, 4) is 0 Å². The van der Waals surface area contributed by atoms with Gasteiger partial charge in [0.15, 0.2) is 0 Å². The van der Waals surface area contributed by atoms with Crippen LogP contribution in [0.1, 0.15) is 37.6 Å². The molecule has 0 radical (unpaired) electrons. The molecule has 0 heterocycles. The molecule has 106 valence electrons. The highest BCUT2D eigenvalue weighted by Crippen LogP contribution is 2.18. The van der Waals surface area contributed by atoms with E-state index in [1.807, 2.05) is 6.92 Å². The van der Waals surface area contributed by atoms with Crippen LogP contribution in [-0.2, 0) is 10.0 Å². The molecule has 0 aliphatic rings. The van der Waals surface area contributed by atoms with E-state index in [9.17, 15) is 17.6 Å². The van der Waals surface area contributed by atoms with Crippen LogP contribution < -0.4 is 4.72 Å². The summed E-state index contributed by atoms with van der Waals surface area (Å²) < 4.78 is 39.8. The lowest BCUT2D eigenvalue weighted by atomic mass is 10.0. The molecule has 0 aliphatic carbocycles. The third kappa shape index (κ3) is 3.74. The van der Waals surface area contributed by atoms with Crippen LogP contribution in [0.25, 0.3) is 0 Å².